The molecule has 2 nitrogen and oxygen atoms in total. The molecule has 134 valence electrons. The Bertz CT molecular complexity index is 500. The van der Waals surface area contributed by atoms with E-state index < -0.39 is 0 Å². The van der Waals surface area contributed by atoms with E-state index in [0.29, 0.717) is 23.4 Å². The Morgan fingerprint density at radius 2 is 1.79 bits per heavy atom. The molecule has 1 aromatic rings. The van der Waals surface area contributed by atoms with Crippen LogP contribution in [0.15, 0.2) is 35.2 Å². The summed E-state index contributed by atoms with van der Waals surface area (Å²) in [5.41, 5.74) is -0.300. The number of methoxy groups -OCH3 is 1. The van der Waals surface area contributed by atoms with E-state index in [-0.39, 0.29) is 11.5 Å². The molecule has 1 saturated carbocycles. The Hall–Kier alpha value is -0.800. The van der Waals surface area contributed by atoms with Gasteiger partial charge in [0.25, 0.3) is 0 Å². The second-order valence-corrected chi connectivity index (χ2v) is 9.20. The number of carbonyl (C=O) groups is 1. The van der Waals surface area contributed by atoms with Crippen LogP contribution < -0.4 is 0 Å². The summed E-state index contributed by atoms with van der Waals surface area (Å²) < 4.78 is 5.86. The van der Waals surface area contributed by atoms with Crippen molar-refractivity contribution < 1.29 is 9.53 Å². The van der Waals surface area contributed by atoms with E-state index in [9.17, 15) is 4.79 Å². The third kappa shape index (κ3) is 5.63. The minimum Gasteiger partial charge on any atom is -0.380 e. The van der Waals surface area contributed by atoms with Gasteiger partial charge in [0.15, 0.2) is 0 Å². The van der Waals surface area contributed by atoms with E-state index in [2.05, 4.69) is 30.3 Å². The minimum atomic E-state index is -0.300. The van der Waals surface area contributed by atoms with Crippen molar-refractivity contribution in [3.63, 3.8) is 0 Å². The van der Waals surface area contributed by atoms with Gasteiger partial charge in [0, 0.05) is 29.1 Å². The van der Waals surface area contributed by atoms with Gasteiger partial charge in [0.1, 0.15) is 5.78 Å². The van der Waals surface area contributed by atoms with Crippen LogP contribution in [-0.4, -0.2) is 24.2 Å². The van der Waals surface area contributed by atoms with Gasteiger partial charge in [0.2, 0.25) is 0 Å². The maximum atomic E-state index is 12.6. The maximum Gasteiger partial charge on any atom is 0.140 e. The van der Waals surface area contributed by atoms with Crippen LogP contribution in [0.5, 0.6) is 0 Å². The maximum absolute atomic E-state index is 12.6. The number of hydrogen-bond donors (Lipinski definition) is 0. The van der Waals surface area contributed by atoms with Gasteiger partial charge in [-0.15, -0.1) is 11.8 Å². The zero-order valence-electron chi connectivity index (χ0n) is 15.6. The number of Topliss-reactive ketones (excluding diaryl/α,β-unsaturated/α-hetero) is 1. The van der Waals surface area contributed by atoms with Crippen molar-refractivity contribution in [3.8, 4) is 0 Å². The van der Waals surface area contributed by atoms with Gasteiger partial charge in [-0.25, -0.2) is 0 Å². The summed E-state index contributed by atoms with van der Waals surface area (Å²) in [5, 5.41) is 0.351. The summed E-state index contributed by atoms with van der Waals surface area (Å²) in [4.78, 5) is 13.9. The number of ether oxygens (including phenoxy) is 1. The average Bonchev–Trinajstić information content (AvgIpc) is 2.58. The van der Waals surface area contributed by atoms with Crippen molar-refractivity contribution in [3.05, 3.63) is 30.3 Å². The molecule has 24 heavy (non-hydrogen) atoms. The molecule has 1 aliphatic carbocycles. The molecule has 1 aromatic carbocycles. The highest BCUT2D eigenvalue weighted by Gasteiger charge is 2.35. The first-order chi connectivity index (χ1) is 11.4. The van der Waals surface area contributed by atoms with E-state index in [0.717, 1.165) is 0 Å². The molecule has 0 bridgehead atoms. The molecule has 0 heterocycles. The van der Waals surface area contributed by atoms with Crippen LogP contribution in [0.3, 0.4) is 0 Å². The van der Waals surface area contributed by atoms with Crippen molar-refractivity contribution >= 4 is 17.5 Å². The third-order valence-corrected chi connectivity index (χ3v) is 6.53. The second kappa shape index (κ2) is 9.05. The van der Waals surface area contributed by atoms with E-state index in [4.69, 9.17) is 4.74 Å². The quantitative estimate of drug-likeness (QED) is 0.587. The molecule has 0 N–H and O–H groups in total. The Labute approximate surface area is 151 Å². The van der Waals surface area contributed by atoms with Crippen molar-refractivity contribution in [1.82, 2.24) is 0 Å². The Kier molecular flexibility index (Phi) is 7.36. The molecule has 0 aliphatic heterocycles. The van der Waals surface area contributed by atoms with Crippen LogP contribution in [0.1, 0.15) is 59.3 Å². The number of ketones is 1. The molecular formula is C21H32O2S. The van der Waals surface area contributed by atoms with Gasteiger partial charge in [-0.3, -0.25) is 4.79 Å². The van der Waals surface area contributed by atoms with Crippen LogP contribution in [0.25, 0.3) is 0 Å². The average molecular weight is 349 g/mol. The predicted molar refractivity (Wildman–Crippen MR) is 103 cm³/mol. The summed E-state index contributed by atoms with van der Waals surface area (Å²) in [5.74, 6) is 0.936. The van der Waals surface area contributed by atoms with E-state index >= 15 is 0 Å². The number of benzene rings is 1. The molecule has 1 aliphatic rings. The summed E-state index contributed by atoms with van der Waals surface area (Å²) in [6.45, 7) is 6.01. The fourth-order valence-corrected chi connectivity index (χ4v) is 4.87. The summed E-state index contributed by atoms with van der Waals surface area (Å²) in [6, 6.07) is 10.6. The second-order valence-electron chi connectivity index (χ2n) is 7.95. The zero-order chi connectivity index (χ0) is 17.6. The van der Waals surface area contributed by atoms with E-state index in [1.165, 1.54) is 37.0 Å². The number of carbonyl (C=O) groups excluding carboxylic acids is 1. The van der Waals surface area contributed by atoms with Crippen molar-refractivity contribution in [2.75, 3.05) is 7.11 Å². The van der Waals surface area contributed by atoms with Gasteiger partial charge in [-0.1, -0.05) is 58.2 Å². The van der Waals surface area contributed by atoms with Crippen LogP contribution in [0, 0.1) is 11.3 Å². The first-order valence-corrected chi connectivity index (χ1v) is 10.1. The molecule has 0 radical (unpaired) electrons. The molecule has 2 rings (SSSR count). The highest BCUT2D eigenvalue weighted by Crippen LogP contribution is 2.40. The summed E-state index contributed by atoms with van der Waals surface area (Å²) >= 11 is 1.90. The number of rotatable bonds is 7. The lowest BCUT2D eigenvalue weighted by molar-refractivity contribution is -0.129. The lowest BCUT2D eigenvalue weighted by Crippen LogP contribution is -2.37. The topological polar surface area (TPSA) is 26.3 Å². The Balaban J connectivity index is 2.16. The molecule has 0 amide bonds. The highest BCUT2D eigenvalue weighted by molar-refractivity contribution is 8.00. The number of thioether (sulfide) groups is 1. The minimum absolute atomic E-state index is 0.00923. The third-order valence-electron chi connectivity index (χ3n) is 5.02. The molecular weight excluding hydrogens is 316 g/mol. The van der Waals surface area contributed by atoms with E-state index in [1.54, 1.807) is 7.11 Å². The fourth-order valence-electron chi connectivity index (χ4n) is 3.42. The SMILES string of the molecule is COC(CC(=O)C(C)(C)C)C(Sc1ccccc1)C1CCCCC1. The Morgan fingerprint density at radius 1 is 1.17 bits per heavy atom. The van der Waals surface area contributed by atoms with Gasteiger partial charge in [0.05, 0.1) is 6.10 Å². The first-order valence-electron chi connectivity index (χ1n) is 9.19. The van der Waals surface area contributed by atoms with Crippen LogP contribution in [0.4, 0.5) is 0 Å². The standard InChI is InChI=1S/C21H32O2S/c1-21(2,3)19(22)15-18(23-4)20(16-11-7-5-8-12-16)24-17-13-9-6-10-14-17/h6,9-10,13-14,16,18,20H,5,7-8,11-12,15H2,1-4H3. The molecule has 0 saturated heterocycles. The number of hydrogen-bond acceptors (Lipinski definition) is 3. The van der Waals surface area contributed by atoms with Gasteiger partial charge >= 0.3 is 0 Å². The lowest BCUT2D eigenvalue weighted by atomic mass is 9.81. The van der Waals surface area contributed by atoms with Crippen molar-refractivity contribution in [2.45, 2.75) is 75.5 Å². The van der Waals surface area contributed by atoms with Crippen LogP contribution in [0.2, 0.25) is 0 Å². The summed E-state index contributed by atoms with van der Waals surface area (Å²) in [7, 11) is 1.77. The lowest BCUT2D eigenvalue weighted by Gasteiger charge is -2.35. The summed E-state index contributed by atoms with van der Waals surface area (Å²) in [6.07, 6.45) is 6.98. The van der Waals surface area contributed by atoms with Gasteiger partial charge < -0.3 is 4.74 Å². The normalized spacial score (nSPS) is 19.0. The van der Waals surface area contributed by atoms with Crippen molar-refractivity contribution in [2.24, 2.45) is 11.3 Å². The monoisotopic (exact) mass is 348 g/mol. The van der Waals surface area contributed by atoms with Crippen LogP contribution >= 0.6 is 11.8 Å². The Morgan fingerprint density at radius 3 is 2.33 bits per heavy atom. The molecule has 2 atom stereocenters. The van der Waals surface area contributed by atoms with E-state index in [1.807, 2.05) is 32.5 Å². The molecule has 0 aromatic heterocycles. The molecule has 2 unspecified atom stereocenters. The largest absolute Gasteiger partial charge is 0.380 e. The van der Waals surface area contributed by atoms with Crippen molar-refractivity contribution in [1.29, 1.82) is 0 Å². The van der Waals surface area contributed by atoms with Gasteiger partial charge in [-0.05, 0) is 30.9 Å². The smallest absolute Gasteiger partial charge is 0.140 e. The molecule has 1 fully saturated rings. The van der Waals surface area contributed by atoms with Crippen LogP contribution in [-0.2, 0) is 9.53 Å². The first kappa shape index (κ1) is 19.5. The zero-order valence-corrected chi connectivity index (χ0v) is 16.4. The molecule has 3 heteroatoms. The predicted octanol–water partition coefficient (Wildman–Crippen LogP) is 5.75. The van der Waals surface area contributed by atoms with Gasteiger partial charge in [-0.2, -0.15) is 0 Å². The fraction of sp³-hybridized carbons (Fsp3) is 0.667. The highest BCUT2D eigenvalue weighted by atomic mass is 32.2. The molecule has 0 spiro atoms.